The number of nitrogens with two attached hydrogens (primary N) is 3. The van der Waals surface area contributed by atoms with E-state index in [0.717, 1.165) is 16.9 Å². The normalized spacial score (nSPS) is 9.24. The molecule has 2 aromatic rings. The van der Waals surface area contributed by atoms with Crippen molar-refractivity contribution in [2.75, 3.05) is 17.2 Å². The third-order valence-electron chi connectivity index (χ3n) is 2.17. The summed E-state index contributed by atoms with van der Waals surface area (Å²) in [5.41, 5.74) is 19.1. The molecule has 0 bridgehead atoms. The van der Waals surface area contributed by atoms with Gasteiger partial charge in [0.2, 0.25) is 0 Å². The molecule has 0 unspecified atom stereocenters. The van der Waals surface area contributed by atoms with E-state index in [9.17, 15) is 0 Å². The fourth-order valence-electron chi connectivity index (χ4n) is 1.12. The molecule has 7 N–H and O–H groups in total. The van der Waals surface area contributed by atoms with E-state index in [1.54, 1.807) is 36.4 Å². The van der Waals surface area contributed by atoms with Crippen LogP contribution in [0.5, 0.6) is 5.75 Å². The van der Waals surface area contributed by atoms with Crippen LogP contribution in [0.1, 0.15) is 5.56 Å². The van der Waals surface area contributed by atoms with Gasteiger partial charge in [-0.2, -0.15) is 0 Å². The summed E-state index contributed by atoms with van der Waals surface area (Å²) in [6, 6.07) is 12.2. The van der Waals surface area contributed by atoms with Gasteiger partial charge in [-0.3, -0.25) is 0 Å². The summed E-state index contributed by atoms with van der Waals surface area (Å²) in [6.07, 6.45) is 0. The van der Waals surface area contributed by atoms with Crippen molar-refractivity contribution < 1.29 is 5.11 Å². The fraction of sp³-hybridized carbons (Fsp3) is 0.0769. The second-order valence-corrected chi connectivity index (χ2v) is 3.71. The van der Waals surface area contributed by atoms with Gasteiger partial charge in [0, 0.05) is 23.1 Å². The van der Waals surface area contributed by atoms with E-state index in [4.69, 9.17) is 22.3 Å². The molecule has 0 radical (unpaired) electrons. The molecule has 0 aliphatic carbocycles. The molecule has 0 aromatic heterocycles. The van der Waals surface area contributed by atoms with Crippen LogP contribution in [0.25, 0.3) is 0 Å². The molecule has 0 heterocycles. The number of hydrogen-bond acceptors (Lipinski definition) is 4. The largest absolute Gasteiger partial charge is 0.508 e. The molecule has 0 amide bonds. The zero-order chi connectivity index (χ0) is 12.8. The van der Waals surface area contributed by atoms with E-state index >= 15 is 0 Å². The molecule has 0 atom stereocenters. The van der Waals surface area contributed by atoms with Crippen LogP contribution in [0.15, 0.2) is 42.5 Å². The van der Waals surface area contributed by atoms with Gasteiger partial charge < -0.3 is 22.3 Å². The Hall–Kier alpha value is -2.36. The minimum atomic E-state index is 0.259. The Morgan fingerprint density at radius 1 is 0.765 bits per heavy atom. The maximum Gasteiger partial charge on any atom is 0.120 e. The first kappa shape index (κ1) is 12.7. The zero-order valence-corrected chi connectivity index (χ0v) is 9.72. The van der Waals surface area contributed by atoms with Gasteiger partial charge in [-0.05, 0) is 42.8 Å². The first-order valence-electron chi connectivity index (χ1n) is 5.15. The lowest BCUT2D eigenvalue weighted by molar-refractivity contribution is 0.471. The highest BCUT2D eigenvalue weighted by atomic mass is 16.3. The molecule has 4 heteroatoms. The Balaban J connectivity index is 0.000000171. The summed E-state index contributed by atoms with van der Waals surface area (Å²) in [5, 5.41) is 9.02. The third kappa shape index (κ3) is 4.34. The van der Waals surface area contributed by atoms with E-state index < -0.39 is 0 Å². The standard InChI is InChI=1S/C7H9NO.C6H8N2/c1-5-2-3-6(8)4-7(5)9;7-5-1-2-6(8)4-3-5/h2-4,9H,8H2,1H3;1-4H,7-8H2. The van der Waals surface area contributed by atoms with Gasteiger partial charge in [0.25, 0.3) is 0 Å². The molecule has 0 aliphatic heterocycles. The number of phenols is 1. The van der Waals surface area contributed by atoms with Crippen molar-refractivity contribution in [3.05, 3.63) is 48.0 Å². The van der Waals surface area contributed by atoms with E-state index in [0.29, 0.717) is 5.69 Å². The highest BCUT2D eigenvalue weighted by Gasteiger charge is 1.92. The highest BCUT2D eigenvalue weighted by molar-refractivity contribution is 5.48. The van der Waals surface area contributed by atoms with Crippen molar-refractivity contribution in [3.8, 4) is 5.75 Å². The van der Waals surface area contributed by atoms with Crippen molar-refractivity contribution in [1.29, 1.82) is 0 Å². The Labute approximate surface area is 101 Å². The summed E-state index contributed by atoms with van der Waals surface area (Å²) in [4.78, 5) is 0. The first-order valence-corrected chi connectivity index (χ1v) is 5.15. The van der Waals surface area contributed by atoms with Crippen molar-refractivity contribution in [2.45, 2.75) is 6.92 Å². The van der Waals surface area contributed by atoms with Crippen LogP contribution in [-0.4, -0.2) is 5.11 Å². The number of hydrogen-bond donors (Lipinski definition) is 4. The SMILES string of the molecule is Cc1ccc(N)cc1O.Nc1ccc(N)cc1. The predicted octanol–water partition coefficient (Wildman–Crippen LogP) is 2.13. The summed E-state index contributed by atoms with van der Waals surface area (Å²) >= 11 is 0. The maximum absolute atomic E-state index is 9.02. The molecular weight excluding hydrogens is 214 g/mol. The summed E-state index contributed by atoms with van der Waals surface area (Å²) in [7, 11) is 0. The molecule has 0 aliphatic rings. The van der Waals surface area contributed by atoms with Gasteiger partial charge in [-0.15, -0.1) is 0 Å². The van der Waals surface area contributed by atoms with Crippen LogP contribution in [0.4, 0.5) is 17.1 Å². The van der Waals surface area contributed by atoms with Crippen molar-refractivity contribution in [2.24, 2.45) is 0 Å². The molecule has 90 valence electrons. The maximum atomic E-state index is 9.02. The molecule has 0 saturated heterocycles. The van der Waals surface area contributed by atoms with Gasteiger partial charge in [0.1, 0.15) is 5.75 Å². The van der Waals surface area contributed by atoms with Gasteiger partial charge in [-0.1, -0.05) is 6.07 Å². The Morgan fingerprint density at radius 2 is 1.18 bits per heavy atom. The molecule has 0 saturated carbocycles. The Morgan fingerprint density at radius 3 is 1.53 bits per heavy atom. The van der Waals surface area contributed by atoms with Crippen LogP contribution in [0.2, 0.25) is 0 Å². The first-order chi connectivity index (χ1) is 7.99. The second kappa shape index (κ2) is 5.65. The van der Waals surface area contributed by atoms with Crippen molar-refractivity contribution >= 4 is 17.1 Å². The van der Waals surface area contributed by atoms with Gasteiger partial charge in [-0.25, -0.2) is 0 Å². The number of benzene rings is 2. The second-order valence-electron chi connectivity index (χ2n) is 3.71. The predicted molar refractivity (Wildman–Crippen MR) is 72.5 cm³/mol. The summed E-state index contributed by atoms with van der Waals surface area (Å²) in [6.45, 7) is 1.83. The van der Waals surface area contributed by atoms with E-state index in [2.05, 4.69) is 0 Å². The average molecular weight is 231 g/mol. The van der Waals surface area contributed by atoms with Crippen LogP contribution in [-0.2, 0) is 0 Å². The van der Waals surface area contributed by atoms with Gasteiger partial charge in [0.15, 0.2) is 0 Å². The van der Waals surface area contributed by atoms with Crippen LogP contribution >= 0.6 is 0 Å². The molecule has 17 heavy (non-hydrogen) atoms. The van der Waals surface area contributed by atoms with E-state index in [1.807, 2.05) is 6.92 Å². The van der Waals surface area contributed by atoms with Gasteiger partial charge >= 0.3 is 0 Å². The highest BCUT2D eigenvalue weighted by Crippen LogP contribution is 2.17. The minimum absolute atomic E-state index is 0.259. The lowest BCUT2D eigenvalue weighted by Crippen LogP contribution is -1.86. The molecule has 0 spiro atoms. The van der Waals surface area contributed by atoms with Crippen molar-refractivity contribution in [3.63, 3.8) is 0 Å². The molecular formula is C13H17N3O. The van der Waals surface area contributed by atoms with E-state index in [1.165, 1.54) is 6.07 Å². The summed E-state index contributed by atoms with van der Waals surface area (Å²) < 4.78 is 0. The number of anilines is 3. The molecule has 2 aromatic carbocycles. The van der Waals surface area contributed by atoms with Crippen LogP contribution in [0, 0.1) is 6.92 Å². The van der Waals surface area contributed by atoms with Gasteiger partial charge in [0.05, 0.1) is 0 Å². The lowest BCUT2D eigenvalue weighted by atomic mass is 10.2. The number of phenolic OH excluding ortho intramolecular Hbond substituents is 1. The monoisotopic (exact) mass is 231 g/mol. The number of aromatic hydroxyl groups is 1. The number of aryl methyl sites for hydroxylation is 1. The molecule has 2 rings (SSSR count). The Bertz CT molecular complexity index is 460. The zero-order valence-electron chi connectivity index (χ0n) is 9.72. The topological polar surface area (TPSA) is 98.3 Å². The third-order valence-corrected chi connectivity index (χ3v) is 2.17. The quantitative estimate of drug-likeness (QED) is 0.522. The fourth-order valence-corrected chi connectivity index (χ4v) is 1.12. The average Bonchev–Trinajstić information content (AvgIpc) is 2.29. The van der Waals surface area contributed by atoms with Crippen LogP contribution < -0.4 is 17.2 Å². The Kier molecular flexibility index (Phi) is 4.22. The number of nitrogen functional groups attached to an aromatic ring is 3. The number of rotatable bonds is 0. The summed E-state index contributed by atoms with van der Waals surface area (Å²) in [5.74, 6) is 0.259. The van der Waals surface area contributed by atoms with Crippen molar-refractivity contribution in [1.82, 2.24) is 0 Å². The van der Waals surface area contributed by atoms with Crippen LogP contribution in [0.3, 0.4) is 0 Å². The smallest absolute Gasteiger partial charge is 0.120 e. The lowest BCUT2D eigenvalue weighted by Gasteiger charge is -1.97. The van der Waals surface area contributed by atoms with E-state index in [-0.39, 0.29) is 5.75 Å². The molecule has 4 nitrogen and oxygen atoms in total. The minimum Gasteiger partial charge on any atom is -0.508 e. The molecule has 0 fully saturated rings.